The van der Waals surface area contributed by atoms with Crippen LogP contribution in [0.1, 0.15) is 40.5 Å². The summed E-state index contributed by atoms with van der Waals surface area (Å²) in [6, 6.07) is 27.7. The topological polar surface area (TPSA) is 63.6 Å². The van der Waals surface area contributed by atoms with Crippen LogP contribution >= 0.6 is 0 Å². The van der Waals surface area contributed by atoms with Crippen LogP contribution in [0.25, 0.3) is 10.8 Å². The molecule has 0 aromatic heterocycles. The Balaban J connectivity index is 1.36. The predicted molar refractivity (Wildman–Crippen MR) is 124 cm³/mol. The highest BCUT2D eigenvalue weighted by Gasteiger charge is 2.43. The van der Waals surface area contributed by atoms with E-state index in [1.165, 1.54) is 28.3 Å². The molecule has 160 valence electrons. The van der Waals surface area contributed by atoms with Crippen LogP contribution in [0.3, 0.4) is 0 Å². The Morgan fingerprint density at radius 2 is 1.31 bits per heavy atom. The van der Waals surface area contributed by atoms with Crippen LogP contribution < -0.4 is 4.74 Å². The van der Waals surface area contributed by atoms with E-state index in [4.69, 9.17) is 4.74 Å². The molecule has 4 aromatic rings. The number of rotatable bonds is 4. The standard InChI is InChI=1S/C27H22O4S/c28-32(29,30)26-14-13-25(20-9-3-4-10-21(20)26)31-16-17-15-24-18-7-1-5-11-22(18)27(17)23-12-6-2-8-19(23)24/h1-14,17,24,27H,15-16H2,(H,28,29,30). The third-order valence-electron chi connectivity index (χ3n) is 7.00. The van der Waals surface area contributed by atoms with Gasteiger partial charge in [-0.1, -0.05) is 72.8 Å². The molecule has 32 heavy (non-hydrogen) atoms. The second-order valence-electron chi connectivity index (χ2n) is 8.68. The molecule has 0 saturated carbocycles. The van der Waals surface area contributed by atoms with Gasteiger partial charge < -0.3 is 4.74 Å². The van der Waals surface area contributed by atoms with Crippen LogP contribution in [0.4, 0.5) is 0 Å². The van der Waals surface area contributed by atoms with E-state index in [1.807, 2.05) is 12.1 Å². The zero-order valence-corrected chi connectivity index (χ0v) is 18.1. The molecule has 0 fully saturated rings. The summed E-state index contributed by atoms with van der Waals surface area (Å²) in [6.45, 7) is 0.541. The zero-order chi connectivity index (χ0) is 21.9. The van der Waals surface area contributed by atoms with Crippen molar-refractivity contribution in [2.24, 2.45) is 5.92 Å². The first-order valence-corrected chi connectivity index (χ1v) is 12.3. The van der Waals surface area contributed by atoms with Gasteiger partial charge in [0, 0.05) is 28.5 Å². The van der Waals surface area contributed by atoms with Gasteiger partial charge in [0.05, 0.1) is 6.61 Å². The maximum absolute atomic E-state index is 11.8. The summed E-state index contributed by atoms with van der Waals surface area (Å²) in [4.78, 5) is -0.0972. The lowest BCUT2D eigenvalue weighted by Crippen LogP contribution is -2.35. The minimum absolute atomic E-state index is 0.0972. The summed E-state index contributed by atoms with van der Waals surface area (Å²) in [6.07, 6.45) is 1.03. The molecule has 3 aliphatic carbocycles. The van der Waals surface area contributed by atoms with E-state index in [-0.39, 0.29) is 10.8 Å². The van der Waals surface area contributed by atoms with Crippen molar-refractivity contribution in [1.82, 2.24) is 0 Å². The molecule has 4 aromatic carbocycles. The quantitative estimate of drug-likeness (QED) is 0.408. The summed E-state index contributed by atoms with van der Waals surface area (Å²) in [5.41, 5.74) is 5.64. The molecule has 0 spiro atoms. The molecule has 1 unspecified atom stereocenters. The Labute approximate surface area is 187 Å². The molecule has 1 N–H and O–H groups in total. The molecule has 0 aliphatic heterocycles. The fraction of sp³-hybridized carbons (Fsp3) is 0.185. The van der Waals surface area contributed by atoms with Crippen LogP contribution in [0.5, 0.6) is 5.75 Å². The van der Waals surface area contributed by atoms with E-state index in [2.05, 4.69) is 48.5 Å². The SMILES string of the molecule is O=S(=O)(O)c1ccc(OCC2CC3c4ccccc4C2c2ccccc23)c2ccccc12. The van der Waals surface area contributed by atoms with Gasteiger partial charge in [0.25, 0.3) is 10.1 Å². The summed E-state index contributed by atoms with van der Waals surface area (Å²) in [5, 5.41) is 1.15. The third kappa shape index (κ3) is 2.96. The molecule has 0 heterocycles. The van der Waals surface area contributed by atoms with Gasteiger partial charge in [-0.2, -0.15) is 8.42 Å². The van der Waals surface area contributed by atoms with Crippen molar-refractivity contribution in [2.45, 2.75) is 23.2 Å². The lowest BCUT2D eigenvalue weighted by atomic mass is 9.59. The van der Waals surface area contributed by atoms with Crippen molar-refractivity contribution >= 4 is 20.9 Å². The fourth-order valence-corrected chi connectivity index (χ4v) is 6.41. The third-order valence-corrected chi connectivity index (χ3v) is 7.91. The van der Waals surface area contributed by atoms with Crippen LogP contribution in [-0.4, -0.2) is 19.6 Å². The summed E-state index contributed by atoms with van der Waals surface area (Å²) < 4.78 is 39.5. The molecule has 1 atom stereocenters. The van der Waals surface area contributed by atoms with Gasteiger partial charge in [0.1, 0.15) is 10.6 Å². The fourth-order valence-electron chi connectivity index (χ4n) is 5.71. The van der Waals surface area contributed by atoms with E-state index in [0.29, 0.717) is 35.0 Å². The molecule has 0 radical (unpaired) electrons. The van der Waals surface area contributed by atoms with Gasteiger partial charge >= 0.3 is 0 Å². The number of ether oxygens (including phenoxy) is 1. The van der Waals surface area contributed by atoms with Crippen LogP contribution in [0.15, 0.2) is 89.8 Å². The van der Waals surface area contributed by atoms with Crippen molar-refractivity contribution in [3.8, 4) is 5.75 Å². The largest absolute Gasteiger partial charge is 0.493 e. The monoisotopic (exact) mass is 442 g/mol. The summed E-state index contributed by atoms with van der Waals surface area (Å²) in [7, 11) is -4.31. The Kier molecular flexibility index (Phi) is 4.39. The van der Waals surface area contributed by atoms with Crippen molar-refractivity contribution in [1.29, 1.82) is 0 Å². The van der Waals surface area contributed by atoms with Crippen molar-refractivity contribution in [2.75, 3.05) is 6.61 Å². The van der Waals surface area contributed by atoms with Gasteiger partial charge in [-0.05, 0) is 40.8 Å². The van der Waals surface area contributed by atoms with Crippen molar-refractivity contribution in [3.05, 3.63) is 107 Å². The van der Waals surface area contributed by atoms with Gasteiger partial charge in [-0.3, -0.25) is 4.55 Å². The lowest BCUT2D eigenvalue weighted by Gasteiger charge is -2.45. The number of fused-ring (bicyclic) bond motifs is 2. The van der Waals surface area contributed by atoms with E-state index in [9.17, 15) is 13.0 Å². The Hall–Kier alpha value is -3.15. The van der Waals surface area contributed by atoms with E-state index in [1.54, 1.807) is 18.2 Å². The first-order valence-electron chi connectivity index (χ1n) is 10.8. The minimum Gasteiger partial charge on any atom is -0.493 e. The molecule has 5 heteroatoms. The number of hydrogen-bond acceptors (Lipinski definition) is 3. The maximum atomic E-state index is 11.8. The van der Waals surface area contributed by atoms with E-state index >= 15 is 0 Å². The molecule has 0 amide bonds. The first kappa shape index (κ1) is 19.5. The number of hydrogen-bond donors (Lipinski definition) is 1. The molecule has 3 aliphatic rings. The van der Waals surface area contributed by atoms with Crippen LogP contribution in [-0.2, 0) is 10.1 Å². The van der Waals surface area contributed by atoms with Gasteiger partial charge in [0.2, 0.25) is 0 Å². The highest BCUT2D eigenvalue weighted by atomic mass is 32.2. The van der Waals surface area contributed by atoms with Gasteiger partial charge in [-0.25, -0.2) is 0 Å². The van der Waals surface area contributed by atoms with E-state index < -0.39 is 10.1 Å². The second-order valence-corrected chi connectivity index (χ2v) is 10.1. The van der Waals surface area contributed by atoms with Crippen molar-refractivity contribution < 1.29 is 17.7 Å². The first-order chi connectivity index (χ1) is 15.5. The smallest absolute Gasteiger partial charge is 0.295 e. The second kappa shape index (κ2) is 7.19. The maximum Gasteiger partial charge on any atom is 0.295 e. The van der Waals surface area contributed by atoms with Crippen LogP contribution in [0, 0.1) is 5.92 Å². The van der Waals surface area contributed by atoms with E-state index in [0.717, 1.165) is 6.42 Å². The van der Waals surface area contributed by atoms with Crippen molar-refractivity contribution in [3.63, 3.8) is 0 Å². The van der Waals surface area contributed by atoms with Gasteiger partial charge in [0.15, 0.2) is 0 Å². The van der Waals surface area contributed by atoms with Crippen LogP contribution in [0.2, 0.25) is 0 Å². The number of benzene rings is 4. The average molecular weight is 443 g/mol. The van der Waals surface area contributed by atoms with Gasteiger partial charge in [-0.15, -0.1) is 0 Å². The molecule has 4 nitrogen and oxygen atoms in total. The molecule has 0 saturated heterocycles. The highest BCUT2D eigenvalue weighted by Crippen LogP contribution is 2.55. The lowest BCUT2D eigenvalue weighted by molar-refractivity contribution is 0.206. The zero-order valence-electron chi connectivity index (χ0n) is 17.3. The minimum atomic E-state index is -4.31. The summed E-state index contributed by atoms with van der Waals surface area (Å²) >= 11 is 0. The highest BCUT2D eigenvalue weighted by molar-refractivity contribution is 7.86. The Bertz CT molecular complexity index is 1410. The normalized spacial score (nSPS) is 21.2. The molecular weight excluding hydrogens is 420 g/mol. The summed E-state index contributed by atoms with van der Waals surface area (Å²) in [5.74, 6) is 1.62. The molecular formula is C27H22O4S. The molecule has 2 bridgehead atoms. The average Bonchev–Trinajstić information content (AvgIpc) is 2.82. The molecule has 7 rings (SSSR count). The predicted octanol–water partition coefficient (Wildman–Crippen LogP) is 5.76. The Morgan fingerprint density at radius 1 is 0.750 bits per heavy atom. The Morgan fingerprint density at radius 3 is 1.94 bits per heavy atom.